The molecule has 0 spiro atoms. The second-order valence-electron chi connectivity index (χ2n) is 6.63. The fourth-order valence-electron chi connectivity index (χ4n) is 3.22. The molecule has 2 aromatic carbocycles. The zero-order valence-corrected chi connectivity index (χ0v) is 15.8. The second kappa shape index (κ2) is 8.58. The summed E-state index contributed by atoms with van der Waals surface area (Å²) in [5.74, 6) is 0.110. The highest BCUT2D eigenvalue weighted by molar-refractivity contribution is 6.04. The van der Waals surface area contributed by atoms with Crippen molar-refractivity contribution >= 4 is 23.2 Å². The van der Waals surface area contributed by atoms with E-state index >= 15 is 0 Å². The Morgan fingerprint density at radius 2 is 1.74 bits per heavy atom. The average Bonchev–Trinajstić information content (AvgIpc) is 2.69. The molecule has 0 aromatic heterocycles. The first-order valence-corrected chi connectivity index (χ1v) is 9.09. The van der Waals surface area contributed by atoms with Crippen LogP contribution in [0.25, 0.3) is 0 Å². The number of piperazine rings is 1. The molecule has 0 saturated carbocycles. The van der Waals surface area contributed by atoms with Crippen molar-refractivity contribution in [3.05, 3.63) is 54.1 Å². The molecule has 142 valence electrons. The van der Waals surface area contributed by atoms with Crippen molar-refractivity contribution in [2.75, 3.05) is 43.5 Å². The summed E-state index contributed by atoms with van der Waals surface area (Å²) in [4.78, 5) is 28.8. The number of nitrogens with zero attached hydrogens (tertiary/aromatic N) is 2. The topological polar surface area (TPSA) is 61.9 Å². The van der Waals surface area contributed by atoms with Crippen LogP contribution < -0.4 is 15.0 Å². The number of hydrogen-bond acceptors (Lipinski definition) is 4. The first kappa shape index (κ1) is 18.8. The highest BCUT2D eigenvalue weighted by atomic mass is 16.5. The van der Waals surface area contributed by atoms with Crippen LogP contribution >= 0.6 is 0 Å². The van der Waals surface area contributed by atoms with Gasteiger partial charge in [-0.15, -0.1) is 0 Å². The molecule has 27 heavy (non-hydrogen) atoms. The van der Waals surface area contributed by atoms with E-state index < -0.39 is 0 Å². The third-order valence-electron chi connectivity index (χ3n) is 4.69. The number of carbonyl (C=O) groups excluding carboxylic acids is 2. The summed E-state index contributed by atoms with van der Waals surface area (Å²) in [6.07, 6.45) is -0.164. The van der Waals surface area contributed by atoms with Gasteiger partial charge in [-0.3, -0.25) is 9.59 Å². The zero-order chi connectivity index (χ0) is 19.2. The summed E-state index contributed by atoms with van der Waals surface area (Å²) in [5.41, 5.74) is 2.76. The molecule has 1 aliphatic rings. The van der Waals surface area contributed by atoms with Crippen molar-refractivity contribution in [1.29, 1.82) is 0 Å². The highest BCUT2D eigenvalue weighted by Crippen LogP contribution is 2.25. The second-order valence-corrected chi connectivity index (χ2v) is 6.63. The molecule has 2 aromatic rings. The number of ether oxygens (including phenoxy) is 1. The van der Waals surface area contributed by atoms with Crippen molar-refractivity contribution in [3.8, 4) is 5.75 Å². The van der Waals surface area contributed by atoms with Crippen LogP contribution in [-0.2, 0) is 9.59 Å². The largest absolute Gasteiger partial charge is 0.495 e. The fraction of sp³-hybridized carbons (Fsp3) is 0.333. The monoisotopic (exact) mass is 367 g/mol. The van der Waals surface area contributed by atoms with E-state index in [1.165, 1.54) is 0 Å². The lowest BCUT2D eigenvalue weighted by molar-refractivity contribution is -0.134. The lowest BCUT2D eigenvalue weighted by Crippen LogP contribution is -2.49. The number of anilines is 2. The van der Waals surface area contributed by atoms with Crippen LogP contribution in [0.2, 0.25) is 0 Å². The summed E-state index contributed by atoms with van der Waals surface area (Å²) >= 11 is 0. The van der Waals surface area contributed by atoms with E-state index in [9.17, 15) is 9.59 Å². The Balaban J connectivity index is 1.52. The fourth-order valence-corrected chi connectivity index (χ4v) is 3.22. The molecule has 0 unspecified atom stereocenters. The molecule has 0 radical (unpaired) electrons. The summed E-state index contributed by atoms with van der Waals surface area (Å²) in [6.45, 7) is 4.71. The molecule has 0 aliphatic carbocycles. The smallest absolute Gasteiger partial charge is 0.233 e. The Morgan fingerprint density at radius 1 is 1.04 bits per heavy atom. The van der Waals surface area contributed by atoms with Gasteiger partial charge in [0.25, 0.3) is 0 Å². The quantitative estimate of drug-likeness (QED) is 0.826. The van der Waals surface area contributed by atoms with Gasteiger partial charge in [-0.1, -0.05) is 24.3 Å². The van der Waals surface area contributed by atoms with E-state index in [1.54, 1.807) is 18.1 Å². The molecule has 0 atom stereocenters. The van der Waals surface area contributed by atoms with Crippen LogP contribution in [0.5, 0.6) is 5.75 Å². The predicted octanol–water partition coefficient (Wildman–Crippen LogP) is 2.68. The van der Waals surface area contributed by atoms with Gasteiger partial charge in [-0.05, 0) is 36.8 Å². The number of aryl methyl sites for hydroxylation is 1. The van der Waals surface area contributed by atoms with Gasteiger partial charge < -0.3 is 19.9 Å². The number of amides is 2. The van der Waals surface area contributed by atoms with Gasteiger partial charge in [0.2, 0.25) is 11.8 Å². The number of nitrogens with one attached hydrogen (secondary N) is 1. The van der Waals surface area contributed by atoms with Gasteiger partial charge in [0.1, 0.15) is 12.2 Å². The normalized spacial score (nSPS) is 14.0. The standard InChI is InChI=1S/C21H25N3O3/c1-16-8-9-19(27-2)18(14-16)22-20(25)15-21(26)24-12-10-23(11-13-24)17-6-4-3-5-7-17/h3-9,14H,10-13,15H2,1-2H3,(H,22,25). The third-order valence-corrected chi connectivity index (χ3v) is 4.69. The van der Waals surface area contributed by atoms with E-state index in [4.69, 9.17) is 4.74 Å². The summed E-state index contributed by atoms with van der Waals surface area (Å²) in [6, 6.07) is 15.7. The SMILES string of the molecule is COc1ccc(C)cc1NC(=O)CC(=O)N1CCN(c2ccccc2)CC1. The molecule has 1 saturated heterocycles. The Morgan fingerprint density at radius 3 is 2.41 bits per heavy atom. The minimum absolute atomic E-state index is 0.146. The van der Waals surface area contributed by atoms with Crippen molar-refractivity contribution in [1.82, 2.24) is 4.90 Å². The first-order chi connectivity index (χ1) is 13.1. The van der Waals surface area contributed by atoms with Gasteiger partial charge in [0, 0.05) is 31.9 Å². The summed E-state index contributed by atoms with van der Waals surface area (Å²) in [5, 5.41) is 2.79. The molecule has 3 rings (SSSR count). The molecule has 1 N–H and O–H groups in total. The molecule has 1 heterocycles. The number of rotatable bonds is 5. The van der Waals surface area contributed by atoms with Gasteiger partial charge in [-0.25, -0.2) is 0 Å². The maximum atomic E-state index is 12.5. The average molecular weight is 367 g/mol. The Hall–Kier alpha value is -3.02. The van der Waals surface area contributed by atoms with Crippen LogP contribution in [0, 0.1) is 6.92 Å². The molecule has 1 aliphatic heterocycles. The number of hydrogen-bond donors (Lipinski definition) is 1. The minimum atomic E-state index is -0.325. The number of benzene rings is 2. The van der Waals surface area contributed by atoms with Crippen LogP contribution in [0.4, 0.5) is 11.4 Å². The number of carbonyl (C=O) groups is 2. The number of para-hydroxylation sites is 1. The third kappa shape index (κ3) is 4.78. The molecule has 6 heteroatoms. The van der Waals surface area contributed by atoms with Gasteiger partial charge in [0.15, 0.2) is 0 Å². The van der Waals surface area contributed by atoms with Crippen molar-refractivity contribution in [2.24, 2.45) is 0 Å². The number of methoxy groups -OCH3 is 1. The van der Waals surface area contributed by atoms with Crippen molar-refractivity contribution < 1.29 is 14.3 Å². The van der Waals surface area contributed by atoms with Gasteiger partial charge in [0.05, 0.1) is 12.8 Å². The zero-order valence-electron chi connectivity index (χ0n) is 15.8. The lowest BCUT2D eigenvalue weighted by atomic mass is 10.2. The van der Waals surface area contributed by atoms with E-state index in [0.717, 1.165) is 24.3 Å². The van der Waals surface area contributed by atoms with E-state index in [0.29, 0.717) is 24.5 Å². The van der Waals surface area contributed by atoms with Crippen LogP contribution in [-0.4, -0.2) is 50.0 Å². The van der Waals surface area contributed by atoms with Crippen molar-refractivity contribution in [2.45, 2.75) is 13.3 Å². The minimum Gasteiger partial charge on any atom is -0.495 e. The molecular weight excluding hydrogens is 342 g/mol. The van der Waals surface area contributed by atoms with Crippen LogP contribution in [0.3, 0.4) is 0 Å². The van der Waals surface area contributed by atoms with E-state index in [-0.39, 0.29) is 18.2 Å². The summed E-state index contributed by atoms with van der Waals surface area (Å²) < 4.78 is 5.26. The first-order valence-electron chi connectivity index (χ1n) is 9.09. The molecule has 6 nitrogen and oxygen atoms in total. The molecule has 1 fully saturated rings. The van der Waals surface area contributed by atoms with E-state index in [1.807, 2.05) is 37.3 Å². The van der Waals surface area contributed by atoms with Gasteiger partial charge >= 0.3 is 0 Å². The van der Waals surface area contributed by atoms with Crippen LogP contribution in [0.1, 0.15) is 12.0 Å². The predicted molar refractivity (Wildman–Crippen MR) is 106 cm³/mol. The van der Waals surface area contributed by atoms with Crippen LogP contribution in [0.15, 0.2) is 48.5 Å². The van der Waals surface area contributed by atoms with E-state index in [2.05, 4.69) is 22.3 Å². The van der Waals surface area contributed by atoms with Crippen molar-refractivity contribution in [3.63, 3.8) is 0 Å². The highest BCUT2D eigenvalue weighted by Gasteiger charge is 2.23. The maximum Gasteiger partial charge on any atom is 0.233 e. The Bertz CT molecular complexity index is 800. The summed E-state index contributed by atoms with van der Waals surface area (Å²) in [7, 11) is 1.55. The lowest BCUT2D eigenvalue weighted by Gasteiger charge is -2.36. The molecular formula is C21H25N3O3. The Labute approximate surface area is 159 Å². The maximum absolute atomic E-state index is 12.5. The molecule has 2 amide bonds. The van der Waals surface area contributed by atoms with Gasteiger partial charge in [-0.2, -0.15) is 0 Å². The molecule has 0 bridgehead atoms. The Kier molecular flexibility index (Phi) is 5.96.